The Morgan fingerprint density at radius 1 is 1.57 bits per heavy atom. The summed E-state index contributed by atoms with van der Waals surface area (Å²) in [6, 6.07) is 0.0832. The lowest BCUT2D eigenvalue weighted by molar-refractivity contribution is 0.0269. The van der Waals surface area contributed by atoms with Gasteiger partial charge in [-0.25, -0.2) is 4.79 Å². The Hall–Kier alpha value is -0.640. The molecule has 80 valence electrons. The van der Waals surface area contributed by atoms with Crippen LogP contribution < -0.4 is 0 Å². The zero-order valence-electron chi connectivity index (χ0n) is 8.95. The van der Waals surface area contributed by atoms with Gasteiger partial charge in [0.25, 0.3) is 0 Å². The van der Waals surface area contributed by atoms with Crippen LogP contribution >= 0.6 is 12.2 Å². The molecule has 1 atom stereocenters. The van der Waals surface area contributed by atoms with E-state index in [0.29, 0.717) is 0 Å². The van der Waals surface area contributed by atoms with Crippen molar-refractivity contribution in [1.29, 1.82) is 0 Å². The zero-order valence-corrected chi connectivity index (χ0v) is 9.76. The summed E-state index contributed by atoms with van der Waals surface area (Å²) in [5, 5.41) is 1.65. The monoisotopic (exact) mass is 215 g/mol. The molecule has 1 amide bonds. The summed E-state index contributed by atoms with van der Waals surface area (Å²) in [4.78, 5) is 13.4. The van der Waals surface area contributed by atoms with E-state index in [-0.39, 0.29) is 12.1 Å². The summed E-state index contributed by atoms with van der Waals surface area (Å²) in [6.45, 7) is 6.36. The summed E-state index contributed by atoms with van der Waals surface area (Å²) in [7, 11) is 0. The highest BCUT2D eigenvalue weighted by molar-refractivity contribution is 7.79. The quantitative estimate of drug-likeness (QED) is 0.629. The Bertz CT molecular complexity index is 235. The molecule has 1 saturated heterocycles. The first-order chi connectivity index (χ1) is 6.44. The van der Waals surface area contributed by atoms with Gasteiger partial charge in [-0.2, -0.15) is 0 Å². The molecule has 14 heavy (non-hydrogen) atoms. The lowest BCUT2D eigenvalue weighted by atomic mass is 10.2. The van der Waals surface area contributed by atoms with Crippen LogP contribution in [0.4, 0.5) is 4.79 Å². The summed E-state index contributed by atoms with van der Waals surface area (Å²) >= 11 is 4.87. The molecule has 0 N–H and O–H groups in total. The number of thiocarbonyl (C=S) groups is 1. The number of likely N-dealkylation sites (tertiary alicyclic amines) is 1. The molecule has 3 nitrogen and oxygen atoms in total. The fourth-order valence-electron chi connectivity index (χ4n) is 1.48. The first kappa shape index (κ1) is 11.4. The second kappa shape index (κ2) is 4.26. The SMILES string of the molecule is CC(C)(C)OC(=O)N1CCC[C@@H]1C=S. The van der Waals surface area contributed by atoms with E-state index >= 15 is 0 Å². The molecule has 0 radical (unpaired) electrons. The van der Waals surface area contributed by atoms with Crippen LogP contribution in [0.5, 0.6) is 0 Å². The number of ether oxygens (including phenoxy) is 1. The highest BCUT2D eigenvalue weighted by atomic mass is 32.1. The van der Waals surface area contributed by atoms with Crippen molar-refractivity contribution < 1.29 is 9.53 Å². The minimum atomic E-state index is -0.425. The zero-order chi connectivity index (χ0) is 10.8. The summed E-state index contributed by atoms with van der Waals surface area (Å²) < 4.78 is 5.27. The molecule has 1 heterocycles. The topological polar surface area (TPSA) is 29.5 Å². The standard InChI is InChI=1S/C10H17NO2S/c1-10(2,3)13-9(12)11-6-4-5-8(11)7-14/h7-8H,4-6H2,1-3H3/t8-/m1/s1. The first-order valence-corrected chi connectivity index (χ1v) is 5.36. The molecule has 0 aliphatic carbocycles. The molecule has 0 saturated carbocycles. The molecule has 0 aromatic carbocycles. The van der Waals surface area contributed by atoms with Crippen molar-refractivity contribution in [2.24, 2.45) is 0 Å². The minimum absolute atomic E-state index is 0.0832. The van der Waals surface area contributed by atoms with E-state index in [1.165, 1.54) is 0 Å². The first-order valence-electron chi connectivity index (χ1n) is 4.89. The van der Waals surface area contributed by atoms with Gasteiger partial charge in [0.2, 0.25) is 0 Å². The highest BCUT2D eigenvalue weighted by Gasteiger charge is 2.30. The molecule has 1 aliphatic heterocycles. The maximum absolute atomic E-state index is 11.7. The van der Waals surface area contributed by atoms with Gasteiger partial charge in [-0.05, 0) is 33.6 Å². The molecule has 0 bridgehead atoms. The fraction of sp³-hybridized carbons (Fsp3) is 0.800. The molecule has 0 spiro atoms. The molecule has 0 aromatic rings. The van der Waals surface area contributed by atoms with Crippen LogP contribution in [0.15, 0.2) is 0 Å². The average molecular weight is 215 g/mol. The van der Waals surface area contributed by atoms with Crippen LogP contribution in [-0.2, 0) is 4.74 Å². The van der Waals surface area contributed by atoms with Crippen LogP contribution in [0.1, 0.15) is 33.6 Å². The van der Waals surface area contributed by atoms with Gasteiger partial charge in [0.05, 0.1) is 6.04 Å². The molecule has 0 unspecified atom stereocenters. The van der Waals surface area contributed by atoms with Crippen LogP contribution in [0.25, 0.3) is 0 Å². The van der Waals surface area contributed by atoms with Crippen LogP contribution in [0.3, 0.4) is 0 Å². The molecule has 1 aliphatic rings. The van der Waals surface area contributed by atoms with Crippen molar-refractivity contribution in [1.82, 2.24) is 4.90 Å². The van der Waals surface area contributed by atoms with Crippen molar-refractivity contribution in [3.8, 4) is 0 Å². The van der Waals surface area contributed by atoms with E-state index in [1.807, 2.05) is 20.8 Å². The van der Waals surface area contributed by atoms with E-state index in [9.17, 15) is 4.79 Å². The van der Waals surface area contributed by atoms with Gasteiger partial charge in [-0.15, -0.1) is 0 Å². The van der Waals surface area contributed by atoms with Gasteiger partial charge in [0, 0.05) is 11.9 Å². The lowest BCUT2D eigenvalue weighted by Gasteiger charge is -2.26. The molecule has 4 heteroatoms. The van der Waals surface area contributed by atoms with Gasteiger partial charge in [-0.3, -0.25) is 0 Å². The summed E-state index contributed by atoms with van der Waals surface area (Å²) in [5.74, 6) is 0. The third-order valence-corrected chi connectivity index (χ3v) is 2.40. The number of amides is 1. The Labute approximate surface area is 90.4 Å². The molecule has 1 fully saturated rings. The molecule has 0 aromatic heterocycles. The Kier molecular flexibility index (Phi) is 3.48. The number of carbonyl (C=O) groups is 1. The maximum Gasteiger partial charge on any atom is 0.410 e. The smallest absolute Gasteiger partial charge is 0.410 e. The summed E-state index contributed by atoms with van der Waals surface area (Å²) in [5.41, 5.74) is -0.425. The Balaban J connectivity index is 2.56. The van der Waals surface area contributed by atoms with E-state index in [0.717, 1.165) is 19.4 Å². The second-order valence-electron chi connectivity index (χ2n) is 4.52. The maximum atomic E-state index is 11.7. The van der Waals surface area contributed by atoms with Gasteiger partial charge < -0.3 is 9.64 Å². The number of nitrogens with zero attached hydrogens (tertiary/aromatic N) is 1. The van der Waals surface area contributed by atoms with Crippen LogP contribution in [-0.4, -0.2) is 34.5 Å². The number of carbonyl (C=O) groups excluding carboxylic acids is 1. The van der Waals surface area contributed by atoms with Crippen molar-refractivity contribution in [3.05, 3.63) is 0 Å². The van der Waals surface area contributed by atoms with Crippen LogP contribution in [0.2, 0.25) is 0 Å². The van der Waals surface area contributed by atoms with Crippen molar-refractivity contribution in [3.63, 3.8) is 0 Å². The molecule has 1 rings (SSSR count). The Morgan fingerprint density at radius 3 is 2.71 bits per heavy atom. The predicted molar refractivity (Wildman–Crippen MR) is 59.6 cm³/mol. The number of hydrogen-bond acceptors (Lipinski definition) is 3. The largest absolute Gasteiger partial charge is 0.444 e. The minimum Gasteiger partial charge on any atom is -0.444 e. The van der Waals surface area contributed by atoms with Crippen molar-refractivity contribution in [2.45, 2.75) is 45.3 Å². The number of hydrogen-bond donors (Lipinski definition) is 0. The van der Waals surface area contributed by atoms with Crippen LogP contribution in [0, 0.1) is 0 Å². The molecular weight excluding hydrogens is 198 g/mol. The average Bonchev–Trinajstić information content (AvgIpc) is 2.47. The fourth-order valence-corrected chi connectivity index (χ4v) is 1.76. The normalized spacial score (nSPS) is 22.2. The van der Waals surface area contributed by atoms with Crippen molar-refractivity contribution >= 4 is 23.7 Å². The third-order valence-electron chi connectivity index (χ3n) is 2.08. The van der Waals surface area contributed by atoms with Crippen molar-refractivity contribution in [2.75, 3.05) is 6.54 Å². The third kappa shape index (κ3) is 2.94. The van der Waals surface area contributed by atoms with E-state index in [2.05, 4.69) is 0 Å². The second-order valence-corrected chi connectivity index (χ2v) is 4.79. The lowest BCUT2D eigenvalue weighted by Crippen LogP contribution is -2.40. The summed E-state index contributed by atoms with van der Waals surface area (Å²) in [6.07, 6.45) is 1.72. The van der Waals surface area contributed by atoms with E-state index in [1.54, 1.807) is 10.3 Å². The molecular formula is C10H17NO2S. The van der Waals surface area contributed by atoms with Gasteiger partial charge in [0.15, 0.2) is 0 Å². The van der Waals surface area contributed by atoms with Gasteiger partial charge in [0.1, 0.15) is 5.60 Å². The van der Waals surface area contributed by atoms with E-state index < -0.39 is 5.60 Å². The Morgan fingerprint density at radius 2 is 2.21 bits per heavy atom. The van der Waals surface area contributed by atoms with E-state index in [4.69, 9.17) is 17.0 Å². The van der Waals surface area contributed by atoms with Gasteiger partial charge in [-0.1, -0.05) is 12.2 Å². The number of rotatable bonds is 1. The highest BCUT2D eigenvalue weighted by Crippen LogP contribution is 2.19. The van der Waals surface area contributed by atoms with Gasteiger partial charge >= 0.3 is 6.09 Å². The predicted octanol–water partition coefficient (Wildman–Crippen LogP) is 2.39.